The number of aromatic nitrogens is 3. The predicted molar refractivity (Wildman–Crippen MR) is 102 cm³/mol. The summed E-state index contributed by atoms with van der Waals surface area (Å²) in [6.07, 6.45) is 3.38. The Morgan fingerprint density at radius 1 is 1.22 bits per heavy atom. The number of rotatable bonds is 3. The average molecular weight is 503 g/mol. The van der Waals surface area contributed by atoms with Gasteiger partial charge in [0.1, 0.15) is 5.82 Å². The Morgan fingerprint density at radius 2 is 1.96 bits per heavy atom. The fraction of sp³-hybridized carbons (Fsp3) is 0.0476. The van der Waals surface area contributed by atoms with Crippen LogP contribution in [0.15, 0.2) is 61.6 Å². The van der Waals surface area contributed by atoms with Crippen LogP contribution in [0.5, 0.6) is 0 Å². The Kier molecular flexibility index (Phi) is 6.10. The van der Waals surface area contributed by atoms with Gasteiger partial charge in [0, 0.05) is 54.3 Å². The molecule has 4 rings (SSSR count). The fourth-order valence-corrected chi connectivity index (χ4v) is 3.16. The van der Waals surface area contributed by atoms with Crippen molar-refractivity contribution in [2.24, 2.45) is 7.05 Å². The van der Waals surface area contributed by atoms with Crippen molar-refractivity contribution in [3.63, 3.8) is 0 Å². The van der Waals surface area contributed by atoms with E-state index in [4.69, 9.17) is 11.6 Å². The second kappa shape index (κ2) is 8.18. The molecule has 0 N–H and O–H groups in total. The number of pyridine rings is 1. The monoisotopic (exact) mass is 502 g/mol. The number of benzene rings is 2. The van der Waals surface area contributed by atoms with E-state index in [1.165, 1.54) is 6.07 Å². The normalized spacial score (nSPS) is 10.6. The smallest absolute Gasteiger partial charge is 0.115 e. The number of fused-ring (bicyclic) bond motifs is 1. The zero-order valence-electron chi connectivity index (χ0n) is 14.5. The topological polar surface area (TPSA) is 30.7 Å². The largest absolute Gasteiger partial charge is 0.334 e. The van der Waals surface area contributed by atoms with Crippen LogP contribution in [0.25, 0.3) is 27.6 Å². The van der Waals surface area contributed by atoms with Gasteiger partial charge in [0.05, 0.1) is 23.4 Å². The van der Waals surface area contributed by atoms with E-state index in [0.717, 1.165) is 11.3 Å². The summed E-state index contributed by atoms with van der Waals surface area (Å²) in [6, 6.07) is 16.0. The third kappa shape index (κ3) is 3.85. The molecule has 0 aliphatic heterocycles. The van der Waals surface area contributed by atoms with Gasteiger partial charge in [0.2, 0.25) is 0 Å². The molecule has 0 radical (unpaired) electrons. The van der Waals surface area contributed by atoms with E-state index in [9.17, 15) is 4.39 Å². The Morgan fingerprint density at radius 3 is 2.63 bits per heavy atom. The number of aryl methyl sites for hydroxylation is 1. The standard InChI is InChI=1S/C21H14ClFN3.Ce/c1-13(19-11-24-12-26(19)2)15-8-16-9-17(14-6-4-3-5-7-14)21(22)25-20(16)18(23)10-15;/h3-8,10-12H,1H2,2H3;/q-1;. The molecule has 2 aromatic heterocycles. The van der Waals surface area contributed by atoms with Crippen molar-refractivity contribution in [3.8, 4) is 11.1 Å². The minimum absolute atomic E-state index is 0. The maximum Gasteiger partial charge on any atom is 0.115 e. The maximum atomic E-state index is 14.7. The van der Waals surface area contributed by atoms with Gasteiger partial charge in [-0.2, -0.15) is 0 Å². The molecule has 0 spiro atoms. The van der Waals surface area contributed by atoms with Crippen molar-refractivity contribution in [3.05, 3.63) is 89.9 Å². The van der Waals surface area contributed by atoms with Crippen molar-refractivity contribution in [2.45, 2.75) is 0 Å². The zero-order chi connectivity index (χ0) is 18.3. The molecule has 0 aliphatic rings. The number of hydrogen-bond donors (Lipinski definition) is 0. The molecule has 0 unspecified atom stereocenters. The quantitative estimate of drug-likeness (QED) is 0.281. The fourth-order valence-electron chi connectivity index (χ4n) is 2.91. The molecule has 2 aromatic carbocycles. The first-order chi connectivity index (χ1) is 12.5. The molecule has 0 atom stereocenters. The van der Waals surface area contributed by atoms with E-state index in [-0.39, 0.29) is 52.4 Å². The summed E-state index contributed by atoms with van der Waals surface area (Å²) < 4.78 is 16.5. The van der Waals surface area contributed by atoms with Gasteiger partial charge in [-0.25, -0.2) is 9.37 Å². The minimum Gasteiger partial charge on any atom is -0.334 e. The van der Waals surface area contributed by atoms with Crippen molar-refractivity contribution in [1.82, 2.24) is 14.5 Å². The van der Waals surface area contributed by atoms with Crippen molar-refractivity contribution in [2.75, 3.05) is 0 Å². The SMILES string of the molecule is C=C(c1cc(F)c2nc(Cl)c(-c3ccccc3)[c-]c2c1)c1cncn1C.[Ce]. The van der Waals surface area contributed by atoms with Crippen LogP contribution < -0.4 is 0 Å². The summed E-state index contributed by atoms with van der Waals surface area (Å²) in [4.78, 5) is 8.33. The van der Waals surface area contributed by atoms with Gasteiger partial charge < -0.3 is 9.55 Å². The average Bonchev–Trinajstić information content (AvgIpc) is 3.08. The summed E-state index contributed by atoms with van der Waals surface area (Å²) in [7, 11) is 1.87. The van der Waals surface area contributed by atoms with Gasteiger partial charge in [-0.3, -0.25) is 0 Å². The molecule has 0 amide bonds. The first-order valence-electron chi connectivity index (χ1n) is 7.98. The summed E-state index contributed by atoms with van der Waals surface area (Å²) in [5.74, 6) is -0.460. The third-order valence-corrected chi connectivity index (χ3v) is 4.55. The molecule has 0 saturated carbocycles. The Hall–Kier alpha value is -1.60. The predicted octanol–water partition coefficient (Wildman–Crippen LogP) is 5.29. The summed E-state index contributed by atoms with van der Waals surface area (Å²) in [6.45, 7) is 4.09. The van der Waals surface area contributed by atoms with E-state index >= 15 is 0 Å². The maximum absolute atomic E-state index is 14.7. The van der Waals surface area contributed by atoms with E-state index in [1.807, 2.05) is 48.0 Å². The molecule has 0 aliphatic carbocycles. The van der Waals surface area contributed by atoms with Crippen LogP contribution in [0.3, 0.4) is 0 Å². The van der Waals surface area contributed by atoms with Gasteiger partial charge in [0.15, 0.2) is 0 Å². The Bertz CT molecular complexity index is 1140. The van der Waals surface area contributed by atoms with Gasteiger partial charge >= 0.3 is 0 Å². The van der Waals surface area contributed by atoms with Crippen molar-refractivity contribution in [1.29, 1.82) is 0 Å². The van der Waals surface area contributed by atoms with Gasteiger partial charge in [-0.15, -0.1) is 23.7 Å². The molecule has 27 heavy (non-hydrogen) atoms. The molecule has 2 heterocycles. The number of imidazole rings is 1. The first kappa shape index (κ1) is 20.1. The van der Waals surface area contributed by atoms with Crippen LogP contribution in [-0.2, 0) is 7.05 Å². The zero-order valence-corrected chi connectivity index (χ0v) is 18.4. The molecular weight excluding hydrogens is 489 g/mol. The summed E-state index contributed by atoms with van der Waals surface area (Å²) in [5, 5.41) is 0.771. The first-order valence-corrected chi connectivity index (χ1v) is 8.36. The minimum atomic E-state index is -0.460. The van der Waals surface area contributed by atoms with Crippen molar-refractivity contribution >= 4 is 28.1 Å². The number of hydrogen-bond acceptors (Lipinski definition) is 2. The van der Waals surface area contributed by atoms with E-state index < -0.39 is 5.82 Å². The molecule has 0 fully saturated rings. The third-order valence-electron chi connectivity index (χ3n) is 4.28. The van der Waals surface area contributed by atoms with Gasteiger partial charge in [0.25, 0.3) is 0 Å². The van der Waals surface area contributed by atoms with Gasteiger partial charge in [-0.1, -0.05) is 53.4 Å². The molecule has 132 valence electrons. The number of nitrogens with zero attached hydrogens (tertiary/aromatic N) is 3. The molecule has 6 heteroatoms. The van der Waals surface area contributed by atoms with Crippen LogP contribution in [0.2, 0.25) is 5.15 Å². The van der Waals surface area contributed by atoms with E-state index in [0.29, 0.717) is 22.1 Å². The van der Waals surface area contributed by atoms with Crippen molar-refractivity contribution < 1.29 is 46.1 Å². The van der Waals surface area contributed by atoms with Crippen LogP contribution >= 0.6 is 11.6 Å². The van der Waals surface area contributed by atoms with E-state index in [1.54, 1.807) is 12.5 Å². The molecule has 0 saturated heterocycles. The molecule has 4 aromatic rings. The molecular formula is C21H14CeClFN3-. The van der Waals surface area contributed by atoms with Crippen LogP contribution in [0.4, 0.5) is 4.39 Å². The van der Waals surface area contributed by atoms with Crippen LogP contribution in [0.1, 0.15) is 11.3 Å². The summed E-state index contributed by atoms with van der Waals surface area (Å²) >= 11 is 6.28. The summed E-state index contributed by atoms with van der Waals surface area (Å²) in [5.41, 5.74) is 3.85. The Labute approximate surface area is 195 Å². The van der Waals surface area contributed by atoms with Crippen LogP contribution in [0, 0.1) is 53.6 Å². The molecule has 0 bridgehead atoms. The van der Waals surface area contributed by atoms with E-state index in [2.05, 4.69) is 22.6 Å². The number of halogens is 2. The second-order valence-electron chi connectivity index (χ2n) is 5.99. The van der Waals surface area contributed by atoms with Crippen LogP contribution in [-0.4, -0.2) is 14.5 Å². The Balaban J connectivity index is 0.00000210. The van der Waals surface area contributed by atoms with Gasteiger partial charge in [-0.05, 0) is 17.2 Å². The molecule has 3 nitrogen and oxygen atoms in total. The second-order valence-corrected chi connectivity index (χ2v) is 6.35.